The zero-order chi connectivity index (χ0) is 11.8. The van der Waals surface area contributed by atoms with Crippen LogP contribution < -0.4 is 5.32 Å². The molecule has 1 aliphatic rings. The maximum atomic E-state index is 3.42. The number of rotatable bonds is 3. The normalized spacial score (nSPS) is 18.5. The minimum atomic E-state index is 0.787. The van der Waals surface area contributed by atoms with Gasteiger partial charge in [0, 0.05) is 5.56 Å². The summed E-state index contributed by atoms with van der Waals surface area (Å²) < 4.78 is 0. The smallest absolute Gasteiger partial charge is 0.0580 e. The lowest BCUT2D eigenvalue weighted by Gasteiger charge is -2.17. The fraction of sp³-hybridized carbons (Fsp3) is 0.375. The highest BCUT2D eigenvalue weighted by Crippen LogP contribution is 2.16. The molecule has 2 rings (SSSR count). The van der Waals surface area contributed by atoms with Crippen molar-refractivity contribution in [1.82, 2.24) is 5.32 Å². The molecule has 0 heterocycles. The Bertz CT molecular complexity index is 408. The molecular formula is C16H19N. The summed E-state index contributed by atoms with van der Waals surface area (Å²) in [6.45, 7) is 1.88. The molecule has 88 valence electrons. The Morgan fingerprint density at radius 1 is 1.18 bits per heavy atom. The molecule has 0 spiro atoms. The minimum Gasteiger partial charge on any atom is -0.306 e. The zero-order valence-corrected chi connectivity index (χ0v) is 10.2. The molecule has 1 atom stereocenters. The molecule has 17 heavy (non-hydrogen) atoms. The molecule has 1 aromatic carbocycles. The van der Waals surface area contributed by atoms with Gasteiger partial charge in [-0.2, -0.15) is 0 Å². The van der Waals surface area contributed by atoms with E-state index in [4.69, 9.17) is 0 Å². The van der Waals surface area contributed by atoms with E-state index in [0.717, 1.165) is 24.6 Å². The molecule has 0 aromatic heterocycles. The van der Waals surface area contributed by atoms with Crippen LogP contribution in [0, 0.1) is 17.8 Å². The highest BCUT2D eigenvalue weighted by molar-refractivity contribution is 5.33. The molecule has 1 aliphatic carbocycles. The van der Waals surface area contributed by atoms with Crippen LogP contribution in [-0.2, 0) is 0 Å². The van der Waals surface area contributed by atoms with Gasteiger partial charge in [0.05, 0.1) is 6.54 Å². The Labute approximate surface area is 104 Å². The van der Waals surface area contributed by atoms with Crippen LogP contribution in [0.25, 0.3) is 0 Å². The van der Waals surface area contributed by atoms with E-state index < -0.39 is 0 Å². The molecule has 0 fully saturated rings. The van der Waals surface area contributed by atoms with E-state index in [1.165, 1.54) is 19.3 Å². The molecule has 1 heteroatoms. The summed E-state index contributed by atoms with van der Waals surface area (Å²) in [4.78, 5) is 0. The third-order valence-corrected chi connectivity index (χ3v) is 3.03. The van der Waals surface area contributed by atoms with E-state index in [1.807, 2.05) is 30.3 Å². The van der Waals surface area contributed by atoms with Gasteiger partial charge in [-0.15, -0.1) is 0 Å². The fourth-order valence-electron chi connectivity index (χ4n) is 2.05. The molecule has 0 aliphatic heterocycles. The number of hydrogen-bond donors (Lipinski definition) is 1. The van der Waals surface area contributed by atoms with Gasteiger partial charge in [-0.3, -0.25) is 0 Å². The van der Waals surface area contributed by atoms with Gasteiger partial charge in [-0.25, -0.2) is 0 Å². The van der Waals surface area contributed by atoms with Gasteiger partial charge in [-0.05, 0) is 43.9 Å². The monoisotopic (exact) mass is 225 g/mol. The van der Waals surface area contributed by atoms with Crippen molar-refractivity contribution in [3.8, 4) is 11.8 Å². The van der Waals surface area contributed by atoms with Crippen molar-refractivity contribution >= 4 is 0 Å². The highest BCUT2D eigenvalue weighted by atomic mass is 14.8. The van der Waals surface area contributed by atoms with Crippen LogP contribution in [-0.4, -0.2) is 13.1 Å². The van der Waals surface area contributed by atoms with E-state index >= 15 is 0 Å². The van der Waals surface area contributed by atoms with Crippen molar-refractivity contribution in [2.75, 3.05) is 13.1 Å². The second kappa shape index (κ2) is 6.93. The lowest BCUT2D eigenvalue weighted by molar-refractivity contribution is 0.452. The molecule has 0 bridgehead atoms. The van der Waals surface area contributed by atoms with Crippen molar-refractivity contribution in [1.29, 1.82) is 0 Å². The summed E-state index contributed by atoms with van der Waals surface area (Å²) in [5, 5.41) is 3.42. The SMILES string of the molecule is C(#Cc1ccccc1)CNCC1CC=CCC1. The Hall–Kier alpha value is -1.52. The molecule has 0 radical (unpaired) electrons. The van der Waals surface area contributed by atoms with Gasteiger partial charge >= 0.3 is 0 Å². The molecule has 1 nitrogen and oxygen atoms in total. The summed E-state index contributed by atoms with van der Waals surface area (Å²) in [5.41, 5.74) is 1.09. The fourth-order valence-corrected chi connectivity index (χ4v) is 2.05. The van der Waals surface area contributed by atoms with Crippen molar-refractivity contribution < 1.29 is 0 Å². The maximum absolute atomic E-state index is 3.42. The second-order valence-electron chi connectivity index (χ2n) is 4.45. The van der Waals surface area contributed by atoms with Crippen molar-refractivity contribution in [3.05, 3.63) is 48.0 Å². The number of allylic oxidation sites excluding steroid dienone is 2. The average molecular weight is 225 g/mol. The first-order valence-corrected chi connectivity index (χ1v) is 6.35. The van der Waals surface area contributed by atoms with Gasteiger partial charge in [0.25, 0.3) is 0 Å². The van der Waals surface area contributed by atoms with Crippen LogP contribution in [0.15, 0.2) is 42.5 Å². The molecule has 0 amide bonds. The van der Waals surface area contributed by atoms with Crippen molar-refractivity contribution in [2.45, 2.75) is 19.3 Å². The maximum Gasteiger partial charge on any atom is 0.0580 e. The Kier molecular flexibility index (Phi) is 4.87. The largest absolute Gasteiger partial charge is 0.306 e. The first kappa shape index (κ1) is 12.0. The lowest BCUT2D eigenvalue weighted by atomic mass is 9.94. The molecule has 1 unspecified atom stereocenters. The topological polar surface area (TPSA) is 12.0 Å². The number of nitrogens with one attached hydrogen (secondary N) is 1. The molecular weight excluding hydrogens is 206 g/mol. The van der Waals surface area contributed by atoms with Gasteiger partial charge in [0.2, 0.25) is 0 Å². The van der Waals surface area contributed by atoms with E-state index in [-0.39, 0.29) is 0 Å². The molecule has 1 aromatic rings. The predicted molar refractivity (Wildman–Crippen MR) is 72.7 cm³/mol. The van der Waals surface area contributed by atoms with E-state index in [1.54, 1.807) is 0 Å². The molecule has 1 N–H and O–H groups in total. The van der Waals surface area contributed by atoms with Gasteiger partial charge in [-0.1, -0.05) is 42.2 Å². The third-order valence-electron chi connectivity index (χ3n) is 3.03. The van der Waals surface area contributed by atoms with Crippen molar-refractivity contribution in [3.63, 3.8) is 0 Å². The quantitative estimate of drug-likeness (QED) is 0.474. The number of hydrogen-bond acceptors (Lipinski definition) is 1. The first-order valence-electron chi connectivity index (χ1n) is 6.35. The zero-order valence-electron chi connectivity index (χ0n) is 10.2. The summed E-state index contributed by atoms with van der Waals surface area (Å²) in [6.07, 6.45) is 8.36. The Balaban J connectivity index is 1.66. The minimum absolute atomic E-state index is 0.787. The predicted octanol–water partition coefficient (Wildman–Crippen LogP) is 2.98. The van der Waals surface area contributed by atoms with Gasteiger partial charge in [0.15, 0.2) is 0 Å². The Morgan fingerprint density at radius 2 is 2.06 bits per heavy atom. The first-order chi connectivity index (χ1) is 8.45. The summed E-state index contributed by atoms with van der Waals surface area (Å²) in [5.74, 6) is 7.12. The van der Waals surface area contributed by atoms with E-state index in [0.29, 0.717) is 0 Å². The van der Waals surface area contributed by atoms with E-state index in [2.05, 4.69) is 29.3 Å². The summed E-state index contributed by atoms with van der Waals surface area (Å²) in [6, 6.07) is 10.1. The van der Waals surface area contributed by atoms with Crippen LogP contribution in [0.1, 0.15) is 24.8 Å². The second-order valence-corrected chi connectivity index (χ2v) is 4.45. The standard InChI is InChI=1S/C16H19N/c1-3-8-15(9-4-1)12-7-13-17-14-16-10-5-2-6-11-16/h1-5,8-9,16-17H,6,10-11,13-14H2. The van der Waals surface area contributed by atoms with Gasteiger partial charge in [0.1, 0.15) is 0 Å². The highest BCUT2D eigenvalue weighted by Gasteiger charge is 2.07. The van der Waals surface area contributed by atoms with Crippen LogP contribution in [0.4, 0.5) is 0 Å². The Morgan fingerprint density at radius 3 is 2.82 bits per heavy atom. The summed E-state index contributed by atoms with van der Waals surface area (Å²) >= 11 is 0. The lowest BCUT2D eigenvalue weighted by Crippen LogP contribution is -2.23. The third kappa shape index (κ3) is 4.46. The van der Waals surface area contributed by atoms with E-state index in [9.17, 15) is 0 Å². The van der Waals surface area contributed by atoms with Crippen LogP contribution in [0.3, 0.4) is 0 Å². The van der Waals surface area contributed by atoms with Crippen molar-refractivity contribution in [2.24, 2.45) is 5.92 Å². The van der Waals surface area contributed by atoms with Crippen LogP contribution >= 0.6 is 0 Å². The van der Waals surface area contributed by atoms with Crippen LogP contribution in [0.2, 0.25) is 0 Å². The van der Waals surface area contributed by atoms with Crippen LogP contribution in [0.5, 0.6) is 0 Å². The molecule has 0 saturated carbocycles. The molecule has 0 saturated heterocycles. The summed E-state index contributed by atoms with van der Waals surface area (Å²) in [7, 11) is 0. The van der Waals surface area contributed by atoms with Gasteiger partial charge < -0.3 is 5.32 Å². The average Bonchev–Trinajstić information content (AvgIpc) is 2.41. The number of benzene rings is 1.